The highest BCUT2D eigenvalue weighted by molar-refractivity contribution is 6.29. The molecule has 1 aromatic carbocycles. The molecule has 0 bridgehead atoms. The van der Waals surface area contributed by atoms with E-state index in [-0.39, 0.29) is 22.9 Å². The highest BCUT2D eigenvalue weighted by Crippen LogP contribution is 2.29. The Labute approximate surface area is 134 Å². The van der Waals surface area contributed by atoms with Crippen LogP contribution in [0.3, 0.4) is 0 Å². The van der Waals surface area contributed by atoms with E-state index < -0.39 is 6.10 Å². The summed E-state index contributed by atoms with van der Waals surface area (Å²) in [4.78, 5) is 14.3. The van der Waals surface area contributed by atoms with Gasteiger partial charge in [-0.1, -0.05) is 30.3 Å². The summed E-state index contributed by atoms with van der Waals surface area (Å²) in [5, 5.41) is 10.6. The van der Waals surface area contributed by atoms with Crippen LogP contribution in [0.5, 0.6) is 0 Å². The van der Waals surface area contributed by atoms with Crippen LogP contribution < -0.4 is 0 Å². The fourth-order valence-electron chi connectivity index (χ4n) is 2.99. The molecule has 2 heterocycles. The number of amides is 1. The molecule has 1 amide bonds. The van der Waals surface area contributed by atoms with Crippen molar-refractivity contribution in [2.24, 2.45) is 0 Å². The summed E-state index contributed by atoms with van der Waals surface area (Å²) >= 11 is 5.73. The van der Waals surface area contributed by atoms with Gasteiger partial charge < -0.3 is 14.4 Å². The third-order valence-corrected chi connectivity index (χ3v) is 4.30. The number of hydrogen-bond donors (Lipinski definition) is 1. The normalized spacial score (nSPS) is 19.4. The van der Waals surface area contributed by atoms with Crippen molar-refractivity contribution in [1.82, 2.24) is 4.90 Å². The Balaban J connectivity index is 1.69. The SMILES string of the molecule is O=C(c1ccc(Cl)o1)N1CCCC1CC(O)c1ccccc1. The predicted molar refractivity (Wildman–Crippen MR) is 83.8 cm³/mol. The molecule has 3 rings (SSSR count). The third kappa shape index (κ3) is 3.18. The average Bonchev–Trinajstić information content (AvgIpc) is 3.16. The van der Waals surface area contributed by atoms with E-state index in [0.29, 0.717) is 13.0 Å². The first kappa shape index (κ1) is 15.1. The van der Waals surface area contributed by atoms with Crippen LogP contribution in [0.15, 0.2) is 46.9 Å². The number of likely N-dealkylation sites (tertiary alicyclic amines) is 1. The zero-order valence-electron chi connectivity index (χ0n) is 12.1. The number of aliphatic hydroxyl groups is 1. The molecule has 1 aliphatic heterocycles. The summed E-state index contributed by atoms with van der Waals surface area (Å²) in [6.07, 6.45) is 1.79. The molecule has 0 aliphatic carbocycles. The summed E-state index contributed by atoms with van der Waals surface area (Å²) in [6.45, 7) is 0.684. The molecule has 2 unspecified atom stereocenters. The summed E-state index contributed by atoms with van der Waals surface area (Å²) < 4.78 is 5.21. The smallest absolute Gasteiger partial charge is 0.289 e. The molecule has 1 aliphatic rings. The largest absolute Gasteiger partial charge is 0.440 e. The number of furan rings is 1. The van der Waals surface area contributed by atoms with Gasteiger partial charge in [-0.25, -0.2) is 0 Å². The van der Waals surface area contributed by atoms with Crippen LogP contribution in [0.2, 0.25) is 5.22 Å². The molecule has 0 radical (unpaired) electrons. The molecule has 5 heteroatoms. The average molecular weight is 320 g/mol. The first-order chi connectivity index (χ1) is 10.6. The Morgan fingerprint density at radius 1 is 1.32 bits per heavy atom. The quantitative estimate of drug-likeness (QED) is 0.935. The van der Waals surface area contributed by atoms with Gasteiger partial charge in [0, 0.05) is 12.6 Å². The molecule has 22 heavy (non-hydrogen) atoms. The number of rotatable bonds is 4. The Kier molecular flexibility index (Phi) is 4.50. The zero-order valence-corrected chi connectivity index (χ0v) is 12.9. The van der Waals surface area contributed by atoms with Gasteiger partial charge >= 0.3 is 0 Å². The van der Waals surface area contributed by atoms with Gasteiger partial charge in [-0.2, -0.15) is 0 Å². The zero-order chi connectivity index (χ0) is 15.5. The third-order valence-electron chi connectivity index (χ3n) is 4.10. The van der Waals surface area contributed by atoms with Gasteiger partial charge in [0.1, 0.15) is 0 Å². The summed E-state index contributed by atoms with van der Waals surface area (Å²) in [7, 11) is 0. The van der Waals surface area contributed by atoms with Crippen LogP contribution in [0.25, 0.3) is 0 Å². The second-order valence-electron chi connectivity index (χ2n) is 5.56. The van der Waals surface area contributed by atoms with Crippen LogP contribution in [-0.4, -0.2) is 28.5 Å². The standard InChI is InChI=1S/C17H18ClNO3/c18-16-9-8-15(22-16)17(21)19-10-4-7-13(19)11-14(20)12-5-2-1-3-6-12/h1-3,5-6,8-9,13-14,20H,4,7,10-11H2. The van der Waals surface area contributed by atoms with Crippen molar-refractivity contribution >= 4 is 17.5 Å². The van der Waals surface area contributed by atoms with E-state index in [0.717, 1.165) is 18.4 Å². The number of nitrogens with zero attached hydrogens (tertiary/aromatic N) is 1. The lowest BCUT2D eigenvalue weighted by Gasteiger charge is -2.26. The molecule has 0 saturated carbocycles. The number of benzene rings is 1. The number of carbonyl (C=O) groups is 1. The van der Waals surface area contributed by atoms with Crippen molar-refractivity contribution < 1.29 is 14.3 Å². The molecule has 1 aromatic heterocycles. The van der Waals surface area contributed by atoms with E-state index in [1.807, 2.05) is 30.3 Å². The number of carbonyl (C=O) groups excluding carboxylic acids is 1. The lowest BCUT2D eigenvalue weighted by Crippen LogP contribution is -2.36. The van der Waals surface area contributed by atoms with Crippen LogP contribution >= 0.6 is 11.6 Å². The molecular weight excluding hydrogens is 302 g/mol. The van der Waals surface area contributed by atoms with E-state index in [1.54, 1.807) is 17.0 Å². The Bertz CT molecular complexity index is 640. The molecule has 1 fully saturated rings. The first-order valence-electron chi connectivity index (χ1n) is 7.44. The minimum absolute atomic E-state index is 0.0200. The molecule has 1 N–H and O–H groups in total. The van der Waals surface area contributed by atoms with Gasteiger partial charge in [-0.15, -0.1) is 0 Å². The molecule has 2 atom stereocenters. The topological polar surface area (TPSA) is 53.7 Å². The number of aliphatic hydroxyl groups excluding tert-OH is 1. The second kappa shape index (κ2) is 6.55. The van der Waals surface area contributed by atoms with Crippen molar-refractivity contribution in [3.05, 3.63) is 59.0 Å². The Morgan fingerprint density at radius 3 is 2.77 bits per heavy atom. The molecule has 2 aromatic rings. The summed E-state index contributed by atoms with van der Waals surface area (Å²) in [5.41, 5.74) is 0.878. The first-order valence-corrected chi connectivity index (χ1v) is 7.82. The monoisotopic (exact) mass is 319 g/mol. The van der Waals surface area contributed by atoms with Gasteiger partial charge in [-0.3, -0.25) is 4.79 Å². The van der Waals surface area contributed by atoms with Crippen molar-refractivity contribution in [3.63, 3.8) is 0 Å². The van der Waals surface area contributed by atoms with E-state index in [9.17, 15) is 9.90 Å². The fraction of sp³-hybridized carbons (Fsp3) is 0.353. The number of hydrogen-bond acceptors (Lipinski definition) is 3. The maximum Gasteiger partial charge on any atom is 0.289 e. The minimum atomic E-state index is -0.570. The van der Waals surface area contributed by atoms with Crippen molar-refractivity contribution in [3.8, 4) is 0 Å². The van der Waals surface area contributed by atoms with Crippen molar-refractivity contribution in [2.75, 3.05) is 6.54 Å². The Morgan fingerprint density at radius 2 is 2.09 bits per heavy atom. The molecular formula is C17H18ClNO3. The lowest BCUT2D eigenvalue weighted by molar-refractivity contribution is 0.0636. The maximum absolute atomic E-state index is 12.5. The van der Waals surface area contributed by atoms with Crippen LogP contribution in [0, 0.1) is 0 Å². The van der Waals surface area contributed by atoms with E-state index in [2.05, 4.69) is 0 Å². The maximum atomic E-state index is 12.5. The van der Waals surface area contributed by atoms with Crippen molar-refractivity contribution in [1.29, 1.82) is 0 Å². The molecule has 4 nitrogen and oxygen atoms in total. The van der Waals surface area contributed by atoms with E-state index >= 15 is 0 Å². The highest BCUT2D eigenvalue weighted by atomic mass is 35.5. The Hall–Kier alpha value is -1.78. The summed E-state index contributed by atoms with van der Waals surface area (Å²) in [5.74, 6) is 0.0979. The van der Waals surface area contributed by atoms with Crippen LogP contribution in [-0.2, 0) is 0 Å². The van der Waals surface area contributed by atoms with Gasteiger partial charge in [0.15, 0.2) is 11.0 Å². The van der Waals surface area contributed by atoms with Gasteiger partial charge in [0.2, 0.25) is 0 Å². The van der Waals surface area contributed by atoms with Crippen molar-refractivity contribution in [2.45, 2.75) is 31.4 Å². The predicted octanol–water partition coefficient (Wildman–Crippen LogP) is 3.66. The van der Waals surface area contributed by atoms with E-state index in [4.69, 9.17) is 16.0 Å². The molecule has 116 valence electrons. The second-order valence-corrected chi connectivity index (χ2v) is 5.93. The summed E-state index contributed by atoms with van der Waals surface area (Å²) in [6, 6.07) is 12.7. The van der Waals surface area contributed by atoms with E-state index in [1.165, 1.54) is 0 Å². The van der Waals surface area contributed by atoms with Crippen LogP contribution in [0.4, 0.5) is 0 Å². The minimum Gasteiger partial charge on any atom is -0.440 e. The lowest BCUT2D eigenvalue weighted by atomic mass is 10.0. The molecule has 0 spiro atoms. The highest BCUT2D eigenvalue weighted by Gasteiger charge is 2.32. The fourth-order valence-corrected chi connectivity index (χ4v) is 3.13. The van der Waals surface area contributed by atoms with Crippen LogP contribution in [0.1, 0.15) is 41.5 Å². The molecule has 1 saturated heterocycles. The number of halogens is 1. The van der Waals surface area contributed by atoms with Gasteiger partial charge in [0.25, 0.3) is 5.91 Å². The van der Waals surface area contributed by atoms with Gasteiger partial charge in [0.05, 0.1) is 6.10 Å². The van der Waals surface area contributed by atoms with Gasteiger partial charge in [-0.05, 0) is 48.6 Å².